The van der Waals surface area contributed by atoms with Crippen LogP contribution in [-0.4, -0.2) is 45.1 Å². The minimum absolute atomic E-state index is 0.311. The highest BCUT2D eigenvalue weighted by Gasteiger charge is 2.37. The van der Waals surface area contributed by atoms with E-state index >= 15 is 0 Å². The highest BCUT2D eigenvalue weighted by Crippen LogP contribution is 2.25. The number of allylic oxidation sites excluding steroid dienone is 2. The SMILES string of the molecule is CC1(C)C(NC(=O)C(S)Cc2ccccc2)=CC=CC(=O)N1CC(=O)O. The number of aliphatic carboxylic acids is 1. The zero-order valence-electron chi connectivity index (χ0n) is 14.7. The molecule has 0 saturated carbocycles. The first-order chi connectivity index (χ1) is 12.2. The smallest absolute Gasteiger partial charge is 0.323 e. The molecule has 0 aromatic heterocycles. The van der Waals surface area contributed by atoms with Gasteiger partial charge in [0.2, 0.25) is 11.8 Å². The molecule has 0 fully saturated rings. The Morgan fingerprint density at radius 3 is 2.54 bits per heavy atom. The van der Waals surface area contributed by atoms with Gasteiger partial charge in [-0.05, 0) is 31.9 Å². The monoisotopic (exact) mass is 374 g/mol. The van der Waals surface area contributed by atoms with Crippen molar-refractivity contribution in [3.63, 3.8) is 0 Å². The molecule has 0 bridgehead atoms. The molecule has 1 unspecified atom stereocenters. The lowest BCUT2D eigenvalue weighted by molar-refractivity contribution is -0.145. The summed E-state index contributed by atoms with van der Waals surface area (Å²) in [5.41, 5.74) is 0.437. The normalized spacial score (nSPS) is 17.3. The standard InChI is InChI=1S/C19H22N2O4S/c1-19(2)15(9-6-10-16(22)21(19)12-17(23)24)20-18(25)14(26)11-13-7-4-3-5-8-13/h3-10,14,26H,11-12H2,1-2H3,(H,20,25)(H,23,24). The summed E-state index contributed by atoms with van der Waals surface area (Å²) in [5, 5.41) is 11.3. The van der Waals surface area contributed by atoms with E-state index in [1.54, 1.807) is 19.9 Å². The number of nitrogens with zero attached hydrogens (tertiary/aromatic N) is 1. The summed E-state index contributed by atoms with van der Waals surface area (Å²) in [6.07, 6.45) is 4.86. The van der Waals surface area contributed by atoms with Crippen molar-refractivity contribution in [3.8, 4) is 0 Å². The van der Waals surface area contributed by atoms with E-state index in [1.807, 2.05) is 30.3 Å². The summed E-state index contributed by atoms with van der Waals surface area (Å²) in [6.45, 7) is 2.92. The van der Waals surface area contributed by atoms with Crippen LogP contribution in [0.15, 0.2) is 54.3 Å². The predicted octanol–water partition coefficient (Wildman–Crippen LogP) is 1.79. The van der Waals surface area contributed by atoms with Gasteiger partial charge in [-0.25, -0.2) is 0 Å². The number of benzene rings is 1. The van der Waals surface area contributed by atoms with Crippen molar-refractivity contribution in [2.24, 2.45) is 0 Å². The number of nitrogens with one attached hydrogen (secondary N) is 1. The fourth-order valence-electron chi connectivity index (χ4n) is 2.69. The van der Waals surface area contributed by atoms with Crippen molar-refractivity contribution in [1.29, 1.82) is 0 Å². The molecular weight excluding hydrogens is 352 g/mol. The maximum Gasteiger partial charge on any atom is 0.323 e. The number of rotatable bonds is 6. The Morgan fingerprint density at radius 2 is 1.92 bits per heavy atom. The predicted molar refractivity (Wildman–Crippen MR) is 102 cm³/mol. The first-order valence-corrected chi connectivity index (χ1v) is 8.68. The van der Waals surface area contributed by atoms with E-state index in [-0.39, 0.29) is 5.91 Å². The number of carbonyl (C=O) groups is 3. The molecule has 2 N–H and O–H groups in total. The van der Waals surface area contributed by atoms with E-state index in [0.29, 0.717) is 12.1 Å². The average molecular weight is 374 g/mol. The molecule has 6 nitrogen and oxygen atoms in total. The van der Waals surface area contributed by atoms with E-state index in [2.05, 4.69) is 17.9 Å². The van der Waals surface area contributed by atoms with Gasteiger partial charge in [0.25, 0.3) is 0 Å². The molecular formula is C19H22N2O4S. The van der Waals surface area contributed by atoms with E-state index in [9.17, 15) is 14.4 Å². The number of thiol groups is 1. The number of carboxylic acid groups (broad SMARTS) is 1. The van der Waals surface area contributed by atoms with Gasteiger partial charge in [-0.1, -0.05) is 36.4 Å². The molecule has 1 aliphatic rings. The topological polar surface area (TPSA) is 86.7 Å². The quantitative estimate of drug-likeness (QED) is 0.663. The fraction of sp³-hybridized carbons (Fsp3) is 0.316. The fourth-order valence-corrected chi connectivity index (χ4v) is 2.97. The molecule has 1 heterocycles. The largest absolute Gasteiger partial charge is 0.480 e. The number of hydrogen-bond donors (Lipinski definition) is 3. The molecule has 0 radical (unpaired) electrons. The van der Waals surface area contributed by atoms with Gasteiger partial charge in [-0.15, -0.1) is 0 Å². The Hall–Kier alpha value is -2.54. The molecule has 26 heavy (non-hydrogen) atoms. The Kier molecular flexibility index (Phi) is 6.26. The van der Waals surface area contributed by atoms with Gasteiger partial charge in [0, 0.05) is 11.8 Å². The molecule has 2 rings (SSSR count). The lowest BCUT2D eigenvalue weighted by Crippen LogP contribution is -2.54. The molecule has 2 amide bonds. The van der Waals surface area contributed by atoms with Gasteiger partial charge in [-0.2, -0.15) is 12.6 Å². The molecule has 1 aromatic rings. The van der Waals surface area contributed by atoms with Crippen LogP contribution in [0.4, 0.5) is 0 Å². The summed E-state index contributed by atoms with van der Waals surface area (Å²) < 4.78 is 0. The van der Waals surface area contributed by atoms with Gasteiger partial charge < -0.3 is 15.3 Å². The first-order valence-electron chi connectivity index (χ1n) is 8.17. The van der Waals surface area contributed by atoms with Crippen LogP contribution in [0.5, 0.6) is 0 Å². The zero-order chi connectivity index (χ0) is 19.3. The molecule has 0 saturated heterocycles. The van der Waals surface area contributed by atoms with E-state index in [0.717, 1.165) is 5.56 Å². The van der Waals surface area contributed by atoms with Crippen LogP contribution in [0, 0.1) is 0 Å². The van der Waals surface area contributed by atoms with Gasteiger partial charge in [0.15, 0.2) is 0 Å². The summed E-state index contributed by atoms with van der Waals surface area (Å²) in [6, 6.07) is 9.52. The molecule has 1 aliphatic heterocycles. The van der Waals surface area contributed by atoms with Crippen LogP contribution < -0.4 is 5.32 Å². The minimum atomic E-state index is -1.12. The van der Waals surface area contributed by atoms with Crippen LogP contribution in [0.25, 0.3) is 0 Å². The van der Waals surface area contributed by atoms with Crippen LogP contribution >= 0.6 is 12.6 Å². The van der Waals surface area contributed by atoms with Gasteiger partial charge >= 0.3 is 5.97 Å². The number of carbonyl (C=O) groups excluding carboxylic acids is 2. The Balaban J connectivity index is 2.14. The van der Waals surface area contributed by atoms with Gasteiger partial charge in [-0.3, -0.25) is 14.4 Å². The highest BCUT2D eigenvalue weighted by atomic mass is 32.1. The molecule has 1 aromatic carbocycles. The molecule has 138 valence electrons. The third-order valence-electron chi connectivity index (χ3n) is 4.23. The minimum Gasteiger partial charge on any atom is -0.480 e. The van der Waals surface area contributed by atoms with Crippen molar-refractivity contribution in [1.82, 2.24) is 10.2 Å². The highest BCUT2D eigenvalue weighted by molar-refractivity contribution is 7.81. The van der Waals surface area contributed by atoms with Crippen LogP contribution in [0.2, 0.25) is 0 Å². The van der Waals surface area contributed by atoms with Crippen molar-refractivity contribution in [3.05, 3.63) is 59.8 Å². The van der Waals surface area contributed by atoms with Crippen molar-refractivity contribution >= 4 is 30.4 Å². The molecule has 7 heteroatoms. The third-order valence-corrected chi connectivity index (χ3v) is 4.64. The lowest BCUT2D eigenvalue weighted by atomic mass is 9.97. The van der Waals surface area contributed by atoms with Crippen molar-refractivity contribution in [2.75, 3.05) is 6.54 Å². The van der Waals surface area contributed by atoms with Crippen molar-refractivity contribution < 1.29 is 19.5 Å². The summed E-state index contributed by atoms with van der Waals surface area (Å²) >= 11 is 4.38. The summed E-state index contributed by atoms with van der Waals surface area (Å²) in [7, 11) is 0. The van der Waals surface area contributed by atoms with Crippen molar-refractivity contribution in [2.45, 2.75) is 31.1 Å². The number of amides is 2. The number of carboxylic acids is 1. The number of hydrogen-bond acceptors (Lipinski definition) is 4. The Bertz CT molecular complexity index is 756. The first kappa shape index (κ1) is 19.8. The van der Waals surface area contributed by atoms with Crippen LogP contribution in [0.1, 0.15) is 19.4 Å². The third kappa shape index (κ3) is 4.76. The van der Waals surface area contributed by atoms with Crippen LogP contribution in [-0.2, 0) is 20.8 Å². The molecule has 0 aliphatic carbocycles. The van der Waals surface area contributed by atoms with Crippen LogP contribution in [0.3, 0.4) is 0 Å². The van der Waals surface area contributed by atoms with E-state index in [4.69, 9.17) is 5.11 Å². The second-order valence-electron chi connectivity index (χ2n) is 6.51. The molecule has 1 atom stereocenters. The molecule has 0 spiro atoms. The zero-order valence-corrected chi connectivity index (χ0v) is 15.6. The Morgan fingerprint density at radius 1 is 1.27 bits per heavy atom. The summed E-state index contributed by atoms with van der Waals surface area (Å²) in [4.78, 5) is 37.1. The second-order valence-corrected chi connectivity index (χ2v) is 7.13. The maximum atomic E-state index is 12.6. The Labute approximate surface area is 158 Å². The van der Waals surface area contributed by atoms with E-state index < -0.39 is 29.2 Å². The average Bonchev–Trinajstić information content (AvgIpc) is 2.67. The lowest BCUT2D eigenvalue weighted by Gasteiger charge is -2.38. The van der Waals surface area contributed by atoms with E-state index in [1.165, 1.54) is 17.1 Å². The van der Waals surface area contributed by atoms with Gasteiger partial charge in [0.1, 0.15) is 6.54 Å². The second kappa shape index (κ2) is 8.23. The van der Waals surface area contributed by atoms with Gasteiger partial charge in [0.05, 0.1) is 10.8 Å². The summed E-state index contributed by atoms with van der Waals surface area (Å²) in [5.74, 6) is -1.86. The maximum absolute atomic E-state index is 12.6.